The highest BCUT2D eigenvalue weighted by Gasteiger charge is 2.46. The molecule has 2 aliphatic carbocycles. The maximum atomic E-state index is 15.1. The number of aryl methyl sites for hydroxylation is 1. The summed E-state index contributed by atoms with van der Waals surface area (Å²) in [6.45, 7) is 2.80. The van der Waals surface area contributed by atoms with Crippen LogP contribution in [0, 0.1) is 11.7 Å². The fraction of sp³-hybridized carbons (Fsp3) is 0.528. The second-order valence-electron chi connectivity index (χ2n) is 14.0. The number of aliphatic hydroxyl groups excluding tert-OH is 1. The van der Waals surface area contributed by atoms with Crippen molar-refractivity contribution >= 4 is 40.3 Å². The van der Waals surface area contributed by atoms with Crippen LogP contribution in [0.5, 0.6) is 0 Å². The molecular weight excluding hydrogens is 655 g/mol. The van der Waals surface area contributed by atoms with Crippen molar-refractivity contribution in [2.75, 3.05) is 13.1 Å². The van der Waals surface area contributed by atoms with Gasteiger partial charge in [-0.3, -0.25) is 14.4 Å². The van der Waals surface area contributed by atoms with Crippen LogP contribution in [0.25, 0.3) is 22.3 Å². The monoisotopic (exact) mass is 694 g/mol. The van der Waals surface area contributed by atoms with Crippen LogP contribution >= 0.6 is 11.6 Å². The minimum Gasteiger partial charge on any atom is -0.458 e. The number of nitrogens with zero attached hydrogens (tertiary/aromatic N) is 3. The number of ether oxygens (including phenoxy) is 1. The van der Waals surface area contributed by atoms with Crippen LogP contribution in [0.15, 0.2) is 16.9 Å². The zero-order valence-corrected chi connectivity index (χ0v) is 28.4. The molecule has 2 aliphatic heterocycles. The molecule has 4 heterocycles. The molecule has 7 rings (SSSR count). The smallest absolute Gasteiger partial charge is 0.343 e. The molecule has 49 heavy (non-hydrogen) atoms. The highest BCUT2D eigenvalue weighted by Crippen LogP contribution is 2.46. The lowest BCUT2D eigenvalue weighted by Gasteiger charge is -2.31. The number of hydrogen-bond donors (Lipinski definition) is 3. The van der Waals surface area contributed by atoms with Gasteiger partial charge in [0.2, 0.25) is 11.8 Å². The summed E-state index contributed by atoms with van der Waals surface area (Å²) in [5.74, 6) is -1.79. The fourth-order valence-electron chi connectivity index (χ4n) is 8.25. The molecule has 4 aliphatic rings. The summed E-state index contributed by atoms with van der Waals surface area (Å²) in [6, 6.07) is 2.25. The number of pyridine rings is 2. The SMILES string of the molecule is CC[C@@]1(O)C(=O)OCc2c1cc1n(c2=O)Cc2c-1nc1cc(F)c(Cl)c3c1c2C(NC(=O)CN(CC(C)O)C(=O)CC1CCCCC1)CC3. The summed E-state index contributed by atoms with van der Waals surface area (Å²) >= 11 is 6.49. The van der Waals surface area contributed by atoms with Crippen molar-refractivity contribution in [1.82, 2.24) is 19.8 Å². The number of nitrogens with one attached hydrogen (secondary N) is 1. The molecule has 260 valence electrons. The number of benzene rings is 1. The van der Waals surface area contributed by atoms with E-state index in [-0.39, 0.29) is 60.6 Å². The van der Waals surface area contributed by atoms with Gasteiger partial charge < -0.3 is 29.7 Å². The molecule has 1 saturated carbocycles. The minimum atomic E-state index is -2.01. The van der Waals surface area contributed by atoms with E-state index in [2.05, 4.69) is 5.32 Å². The molecule has 0 saturated heterocycles. The molecule has 3 atom stereocenters. The van der Waals surface area contributed by atoms with Gasteiger partial charge in [-0.1, -0.05) is 37.8 Å². The number of aromatic nitrogens is 2. The van der Waals surface area contributed by atoms with Gasteiger partial charge in [-0.05, 0) is 62.1 Å². The van der Waals surface area contributed by atoms with Gasteiger partial charge in [-0.25, -0.2) is 14.2 Å². The summed E-state index contributed by atoms with van der Waals surface area (Å²) in [6.07, 6.45) is 5.51. The Bertz CT molecular complexity index is 1960. The topological polar surface area (TPSA) is 151 Å². The molecule has 0 spiro atoms. The molecule has 1 aromatic carbocycles. The minimum absolute atomic E-state index is 0.0125. The van der Waals surface area contributed by atoms with E-state index in [9.17, 15) is 29.4 Å². The molecule has 3 N–H and O–H groups in total. The molecule has 2 aromatic heterocycles. The molecule has 2 amide bonds. The highest BCUT2D eigenvalue weighted by atomic mass is 35.5. The van der Waals surface area contributed by atoms with Crippen LogP contribution < -0.4 is 10.9 Å². The summed E-state index contributed by atoms with van der Waals surface area (Å²) < 4.78 is 21.8. The maximum Gasteiger partial charge on any atom is 0.343 e. The van der Waals surface area contributed by atoms with Crippen LogP contribution in [0.1, 0.15) is 99.1 Å². The number of cyclic esters (lactones) is 1. The summed E-state index contributed by atoms with van der Waals surface area (Å²) in [4.78, 5) is 59.8. The van der Waals surface area contributed by atoms with E-state index in [0.717, 1.165) is 32.1 Å². The van der Waals surface area contributed by atoms with Crippen LogP contribution in [0.3, 0.4) is 0 Å². The molecule has 11 nitrogen and oxygen atoms in total. The van der Waals surface area contributed by atoms with Gasteiger partial charge in [0.1, 0.15) is 12.4 Å². The van der Waals surface area contributed by atoms with Gasteiger partial charge in [0.15, 0.2) is 5.60 Å². The quantitative estimate of drug-likeness (QED) is 0.233. The first-order chi connectivity index (χ1) is 23.4. The lowest BCUT2D eigenvalue weighted by atomic mass is 9.83. The van der Waals surface area contributed by atoms with E-state index < -0.39 is 41.0 Å². The molecule has 0 radical (unpaired) electrons. The van der Waals surface area contributed by atoms with Gasteiger partial charge in [0.05, 0.1) is 52.7 Å². The number of rotatable bonds is 8. The number of carbonyl (C=O) groups is 3. The Morgan fingerprint density at radius 2 is 1.94 bits per heavy atom. The van der Waals surface area contributed by atoms with Gasteiger partial charge in [-0.2, -0.15) is 0 Å². The third kappa shape index (κ3) is 5.71. The van der Waals surface area contributed by atoms with Gasteiger partial charge in [0, 0.05) is 35.5 Å². The Balaban J connectivity index is 1.27. The lowest BCUT2D eigenvalue weighted by Crippen LogP contribution is -2.45. The van der Waals surface area contributed by atoms with E-state index in [1.807, 2.05) is 0 Å². The number of carbonyl (C=O) groups excluding carboxylic acids is 3. The third-order valence-electron chi connectivity index (χ3n) is 10.7. The first-order valence-electron chi connectivity index (χ1n) is 17.2. The van der Waals surface area contributed by atoms with Gasteiger partial charge in [0.25, 0.3) is 5.56 Å². The van der Waals surface area contributed by atoms with Crippen molar-refractivity contribution < 1.29 is 33.7 Å². The molecule has 1 fully saturated rings. The van der Waals surface area contributed by atoms with Crippen molar-refractivity contribution in [3.8, 4) is 11.4 Å². The van der Waals surface area contributed by atoms with Crippen molar-refractivity contribution in [3.05, 3.63) is 61.1 Å². The Kier molecular flexibility index (Phi) is 8.77. The fourth-order valence-corrected chi connectivity index (χ4v) is 8.50. The van der Waals surface area contributed by atoms with Crippen molar-refractivity contribution in [2.45, 2.75) is 103 Å². The van der Waals surface area contributed by atoms with Crippen molar-refractivity contribution in [3.63, 3.8) is 0 Å². The van der Waals surface area contributed by atoms with E-state index >= 15 is 4.39 Å². The molecular formula is C36H40ClFN4O7. The van der Waals surface area contributed by atoms with Gasteiger partial charge in [-0.15, -0.1) is 0 Å². The number of amides is 2. The first kappa shape index (κ1) is 33.6. The van der Waals surface area contributed by atoms with Crippen molar-refractivity contribution in [2.24, 2.45) is 5.92 Å². The largest absolute Gasteiger partial charge is 0.458 e. The number of aliphatic hydroxyl groups is 2. The van der Waals surface area contributed by atoms with Crippen LogP contribution in [0.4, 0.5) is 4.39 Å². The van der Waals surface area contributed by atoms with Crippen LogP contribution in [-0.4, -0.2) is 61.6 Å². The van der Waals surface area contributed by atoms with E-state index in [0.29, 0.717) is 58.2 Å². The van der Waals surface area contributed by atoms with E-state index in [1.54, 1.807) is 19.9 Å². The molecule has 0 bridgehead atoms. The number of hydrogen-bond acceptors (Lipinski definition) is 8. The van der Waals surface area contributed by atoms with E-state index in [1.165, 1.54) is 15.5 Å². The number of fused-ring (bicyclic) bond motifs is 5. The summed E-state index contributed by atoms with van der Waals surface area (Å²) in [7, 11) is 0. The average Bonchev–Trinajstić information content (AvgIpc) is 3.44. The van der Waals surface area contributed by atoms with Gasteiger partial charge >= 0.3 is 5.97 Å². The summed E-state index contributed by atoms with van der Waals surface area (Å²) in [5, 5.41) is 25.1. The highest BCUT2D eigenvalue weighted by molar-refractivity contribution is 6.32. The zero-order valence-electron chi connectivity index (χ0n) is 27.6. The Morgan fingerprint density at radius 1 is 1.18 bits per heavy atom. The number of halogens is 2. The molecule has 2 unspecified atom stereocenters. The first-order valence-corrected chi connectivity index (χ1v) is 17.5. The standard InChI is InChI=1S/C36H40ClFN4O7/c1-3-36(48)23-12-27-33-21(15-42(27)34(46)22(23)17-49-35(36)47)31-25(10-9-20-30(31)26(40-33)13-24(38)32(20)37)39-28(44)16-41(14-18(2)43)29(45)11-19-7-5-4-6-8-19/h12-13,18-19,25,43,48H,3-11,14-17H2,1-2H3,(H,39,44)/t18?,25?,36-/m0/s1. The third-order valence-corrected chi connectivity index (χ3v) is 11.1. The lowest BCUT2D eigenvalue weighted by molar-refractivity contribution is -0.172. The Morgan fingerprint density at radius 3 is 2.65 bits per heavy atom. The van der Waals surface area contributed by atoms with Crippen LogP contribution in [0.2, 0.25) is 5.02 Å². The van der Waals surface area contributed by atoms with Crippen LogP contribution in [-0.2, 0) is 44.3 Å². The predicted octanol–water partition coefficient (Wildman–Crippen LogP) is 4.16. The Labute approximate surface area is 287 Å². The van der Waals surface area contributed by atoms with E-state index in [4.69, 9.17) is 21.3 Å². The summed E-state index contributed by atoms with van der Waals surface area (Å²) in [5.41, 5.74) is 0.797. The Hall–Kier alpha value is -3.87. The normalized spacial score (nSPS) is 21.8. The maximum absolute atomic E-state index is 15.1. The second-order valence-corrected chi connectivity index (χ2v) is 14.4. The molecule has 13 heteroatoms. The predicted molar refractivity (Wildman–Crippen MR) is 178 cm³/mol. The number of esters is 1. The van der Waals surface area contributed by atoms with Crippen molar-refractivity contribution in [1.29, 1.82) is 0 Å². The second kappa shape index (κ2) is 12.8. The zero-order chi connectivity index (χ0) is 34.8. The molecule has 3 aromatic rings. The average molecular weight is 695 g/mol.